The fourth-order valence-corrected chi connectivity index (χ4v) is 3.54. The lowest BCUT2D eigenvalue weighted by atomic mass is 10.0. The summed E-state index contributed by atoms with van der Waals surface area (Å²) in [6.45, 7) is 1.06. The second-order valence-electron chi connectivity index (χ2n) is 7.14. The van der Waals surface area contributed by atoms with Crippen molar-refractivity contribution in [2.45, 2.75) is 19.0 Å². The lowest BCUT2D eigenvalue weighted by molar-refractivity contribution is -0.142. The molecule has 1 saturated heterocycles. The average Bonchev–Trinajstić information content (AvgIpc) is 3.41. The molecule has 0 aliphatic carbocycles. The summed E-state index contributed by atoms with van der Waals surface area (Å²) in [5.41, 5.74) is -0.620. The molecule has 2 aromatic heterocycles. The van der Waals surface area contributed by atoms with Crippen molar-refractivity contribution in [1.82, 2.24) is 14.9 Å². The number of rotatable bonds is 2. The molecule has 1 aromatic carbocycles. The van der Waals surface area contributed by atoms with Gasteiger partial charge in [0.2, 0.25) is 0 Å². The fraction of sp³-hybridized carbons (Fsp3) is 0.238. The minimum Gasteiger partial charge on any atom is -0.339 e. The van der Waals surface area contributed by atoms with E-state index in [1.165, 1.54) is 17.0 Å². The Hall–Kier alpha value is -3.87. The molecule has 0 unspecified atom stereocenters. The van der Waals surface area contributed by atoms with Gasteiger partial charge in [-0.1, -0.05) is 0 Å². The van der Waals surface area contributed by atoms with Gasteiger partial charge in [0, 0.05) is 29.7 Å². The topological polar surface area (TPSA) is 102 Å². The third-order valence-corrected chi connectivity index (χ3v) is 5.05. The van der Waals surface area contributed by atoms with E-state index in [1.807, 2.05) is 6.07 Å². The lowest BCUT2D eigenvalue weighted by Gasteiger charge is -2.14. The van der Waals surface area contributed by atoms with E-state index in [1.54, 1.807) is 6.07 Å². The maximum atomic E-state index is 13.4. The Labute approximate surface area is 174 Å². The van der Waals surface area contributed by atoms with E-state index in [4.69, 9.17) is 5.26 Å². The number of amides is 2. The van der Waals surface area contributed by atoms with Gasteiger partial charge >= 0.3 is 18.0 Å². The summed E-state index contributed by atoms with van der Waals surface area (Å²) in [6.07, 6.45) is -2.91. The highest BCUT2D eigenvalue weighted by Crippen LogP contribution is 2.38. The molecule has 7 nitrogen and oxygen atoms in total. The molecule has 3 heterocycles. The average molecular weight is 427 g/mol. The molecule has 1 aliphatic rings. The number of aromatic amines is 1. The number of halogens is 3. The standard InChI is InChI=1S/C21H16F3N5O2/c22-21(23,24)15-5-3-12(11-25)9-14(15)16-10-13-4-6-17(27-18(13)26-16)28-19(30)20(31)29-7-1-2-8-29/h3-6,9-10H,1-2,7-8H2,(H2,26,27,28,30). The number of carbonyl (C=O) groups is 2. The van der Waals surface area contributed by atoms with Crippen molar-refractivity contribution in [2.24, 2.45) is 0 Å². The number of aromatic nitrogens is 2. The van der Waals surface area contributed by atoms with Crippen LogP contribution in [0.1, 0.15) is 24.0 Å². The zero-order valence-electron chi connectivity index (χ0n) is 16.1. The van der Waals surface area contributed by atoms with Crippen molar-refractivity contribution in [3.63, 3.8) is 0 Å². The Morgan fingerprint density at radius 2 is 1.87 bits per heavy atom. The first-order valence-corrected chi connectivity index (χ1v) is 9.48. The van der Waals surface area contributed by atoms with Crippen LogP contribution in [0.4, 0.5) is 19.0 Å². The quantitative estimate of drug-likeness (QED) is 0.609. The molecule has 0 radical (unpaired) electrons. The fourth-order valence-electron chi connectivity index (χ4n) is 3.54. The second-order valence-corrected chi connectivity index (χ2v) is 7.14. The zero-order valence-corrected chi connectivity index (χ0v) is 16.1. The van der Waals surface area contributed by atoms with Crippen molar-refractivity contribution in [3.05, 3.63) is 47.5 Å². The molecule has 1 aliphatic heterocycles. The van der Waals surface area contributed by atoms with Gasteiger partial charge in [0.15, 0.2) is 0 Å². The number of carbonyl (C=O) groups excluding carboxylic acids is 2. The highest BCUT2D eigenvalue weighted by atomic mass is 19.4. The van der Waals surface area contributed by atoms with Crippen LogP contribution in [0, 0.1) is 11.3 Å². The summed E-state index contributed by atoms with van der Waals surface area (Å²) in [7, 11) is 0. The molecular formula is C21H16F3N5O2. The number of H-pyrrole nitrogens is 1. The van der Waals surface area contributed by atoms with Crippen molar-refractivity contribution >= 4 is 28.7 Å². The van der Waals surface area contributed by atoms with Crippen LogP contribution in [0.25, 0.3) is 22.3 Å². The summed E-state index contributed by atoms with van der Waals surface area (Å²) in [5, 5.41) is 12.0. The van der Waals surface area contributed by atoms with Gasteiger partial charge in [0.1, 0.15) is 11.5 Å². The minimum atomic E-state index is -4.61. The number of fused-ring (bicyclic) bond motifs is 1. The van der Waals surface area contributed by atoms with Gasteiger partial charge in [-0.3, -0.25) is 9.59 Å². The number of anilines is 1. The maximum absolute atomic E-state index is 13.4. The van der Waals surface area contributed by atoms with Crippen molar-refractivity contribution in [2.75, 3.05) is 18.4 Å². The number of nitrogens with one attached hydrogen (secondary N) is 2. The molecule has 4 rings (SSSR count). The molecule has 158 valence electrons. The third kappa shape index (κ3) is 4.07. The summed E-state index contributed by atoms with van der Waals surface area (Å²) >= 11 is 0. The number of alkyl halides is 3. The molecule has 2 N–H and O–H groups in total. The highest BCUT2D eigenvalue weighted by molar-refractivity contribution is 6.39. The van der Waals surface area contributed by atoms with Crippen LogP contribution in [0.15, 0.2) is 36.4 Å². The van der Waals surface area contributed by atoms with E-state index in [0.717, 1.165) is 31.0 Å². The Kier molecular flexibility index (Phi) is 5.10. The van der Waals surface area contributed by atoms with E-state index in [0.29, 0.717) is 18.5 Å². The highest BCUT2D eigenvalue weighted by Gasteiger charge is 2.34. The smallest absolute Gasteiger partial charge is 0.339 e. The van der Waals surface area contributed by atoms with Gasteiger partial charge in [-0.25, -0.2) is 4.98 Å². The number of nitriles is 1. The van der Waals surface area contributed by atoms with Gasteiger partial charge in [-0.15, -0.1) is 0 Å². The SMILES string of the molecule is N#Cc1ccc(C(F)(F)F)c(-c2cc3ccc(NC(=O)C(=O)N4CCCC4)nc3[nH]2)c1. The van der Waals surface area contributed by atoms with Crippen molar-refractivity contribution in [1.29, 1.82) is 5.26 Å². The van der Waals surface area contributed by atoms with Crippen LogP contribution >= 0.6 is 0 Å². The minimum absolute atomic E-state index is 0.0861. The number of benzene rings is 1. The number of hydrogen-bond donors (Lipinski definition) is 2. The number of hydrogen-bond acceptors (Lipinski definition) is 4. The largest absolute Gasteiger partial charge is 0.417 e. The number of pyridine rings is 1. The normalized spacial score (nSPS) is 13.9. The Morgan fingerprint density at radius 3 is 2.55 bits per heavy atom. The Bertz CT molecular complexity index is 1220. The van der Waals surface area contributed by atoms with E-state index in [-0.39, 0.29) is 28.3 Å². The van der Waals surface area contributed by atoms with Crippen LogP contribution in [0.5, 0.6) is 0 Å². The van der Waals surface area contributed by atoms with Gasteiger partial charge in [-0.2, -0.15) is 18.4 Å². The van der Waals surface area contributed by atoms with Crippen molar-refractivity contribution < 1.29 is 22.8 Å². The molecule has 10 heteroatoms. The Morgan fingerprint density at radius 1 is 1.13 bits per heavy atom. The van der Waals surface area contributed by atoms with Gasteiger partial charge in [0.25, 0.3) is 0 Å². The third-order valence-electron chi connectivity index (χ3n) is 5.05. The van der Waals surface area contributed by atoms with Crippen LogP contribution < -0.4 is 5.32 Å². The van der Waals surface area contributed by atoms with Crippen LogP contribution in [-0.4, -0.2) is 39.8 Å². The van der Waals surface area contributed by atoms with E-state index in [9.17, 15) is 22.8 Å². The molecule has 0 spiro atoms. The predicted octanol–water partition coefficient (Wildman–Crippen LogP) is 3.68. The molecule has 0 saturated carbocycles. The Balaban J connectivity index is 1.65. The predicted molar refractivity (Wildman–Crippen MR) is 106 cm³/mol. The summed E-state index contributed by atoms with van der Waals surface area (Å²) < 4.78 is 40.3. The molecule has 3 aromatic rings. The molecule has 0 bridgehead atoms. The monoisotopic (exact) mass is 427 g/mol. The van der Waals surface area contributed by atoms with E-state index < -0.39 is 23.6 Å². The molecule has 2 amide bonds. The zero-order chi connectivity index (χ0) is 22.2. The number of nitrogens with zero attached hydrogens (tertiary/aromatic N) is 3. The summed E-state index contributed by atoms with van der Waals surface area (Å²) in [5.74, 6) is -1.36. The molecular weight excluding hydrogens is 411 g/mol. The maximum Gasteiger partial charge on any atom is 0.417 e. The van der Waals surface area contributed by atoms with E-state index in [2.05, 4.69) is 15.3 Å². The van der Waals surface area contributed by atoms with Gasteiger partial charge in [-0.05, 0) is 49.2 Å². The van der Waals surface area contributed by atoms with Crippen LogP contribution in [0.3, 0.4) is 0 Å². The first-order valence-electron chi connectivity index (χ1n) is 9.48. The molecule has 31 heavy (non-hydrogen) atoms. The second kappa shape index (κ2) is 7.75. The van der Waals surface area contributed by atoms with Crippen molar-refractivity contribution in [3.8, 4) is 17.3 Å². The van der Waals surface area contributed by atoms with Crippen LogP contribution in [-0.2, 0) is 15.8 Å². The molecule has 1 fully saturated rings. The van der Waals surface area contributed by atoms with Gasteiger partial charge in [0.05, 0.1) is 17.2 Å². The lowest BCUT2D eigenvalue weighted by Crippen LogP contribution is -2.37. The molecule has 0 atom stereocenters. The van der Waals surface area contributed by atoms with Gasteiger partial charge < -0.3 is 15.2 Å². The number of likely N-dealkylation sites (tertiary alicyclic amines) is 1. The van der Waals surface area contributed by atoms with Crippen LogP contribution in [0.2, 0.25) is 0 Å². The first kappa shape index (κ1) is 20.4. The summed E-state index contributed by atoms with van der Waals surface area (Å²) in [4.78, 5) is 32.8. The summed E-state index contributed by atoms with van der Waals surface area (Å²) in [6, 6.07) is 9.48. The first-order chi connectivity index (χ1) is 14.8. The van der Waals surface area contributed by atoms with E-state index >= 15 is 0 Å².